The van der Waals surface area contributed by atoms with Crippen molar-refractivity contribution in [2.24, 2.45) is 0 Å². The van der Waals surface area contributed by atoms with E-state index in [-0.39, 0.29) is 11.9 Å². The topological polar surface area (TPSA) is 51.3 Å². The van der Waals surface area contributed by atoms with Gasteiger partial charge in [0.15, 0.2) is 6.04 Å². The monoisotopic (exact) mass is 427 g/mol. The molecule has 3 heterocycles. The van der Waals surface area contributed by atoms with Crippen molar-refractivity contribution in [2.75, 3.05) is 31.1 Å². The minimum absolute atomic E-state index is 0.129. The number of nitrogens with one attached hydrogen (secondary N) is 1. The van der Waals surface area contributed by atoms with Crippen LogP contribution >= 0.6 is 11.3 Å². The SMILES string of the molecule is Fc1ccccc1N1CC[NH+]([C@@H](c2cccs2)c2nnnn2C2CCCCC2)CC1. The third kappa shape index (κ3) is 3.86. The fourth-order valence-electron chi connectivity index (χ4n) is 4.97. The molecule has 1 aliphatic heterocycles. The molecule has 3 aromatic rings. The van der Waals surface area contributed by atoms with Crippen molar-refractivity contribution in [1.29, 1.82) is 0 Å². The molecule has 0 bridgehead atoms. The van der Waals surface area contributed by atoms with Crippen molar-refractivity contribution in [2.45, 2.75) is 44.2 Å². The number of benzene rings is 1. The Morgan fingerprint density at radius 3 is 2.57 bits per heavy atom. The zero-order chi connectivity index (χ0) is 20.3. The Kier molecular flexibility index (Phi) is 5.77. The molecule has 1 saturated carbocycles. The molecule has 0 spiro atoms. The maximum absolute atomic E-state index is 14.3. The van der Waals surface area contributed by atoms with Gasteiger partial charge >= 0.3 is 0 Å². The lowest BCUT2D eigenvalue weighted by atomic mass is 9.95. The zero-order valence-corrected chi connectivity index (χ0v) is 17.9. The minimum atomic E-state index is -0.142. The van der Waals surface area contributed by atoms with Crippen LogP contribution in [0.3, 0.4) is 0 Å². The molecule has 5 rings (SSSR count). The molecule has 1 N–H and O–H groups in total. The Morgan fingerprint density at radius 1 is 1.03 bits per heavy atom. The van der Waals surface area contributed by atoms with Gasteiger partial charge in [-0.15, -0.1) is 16.4 Å². The number of aromatic nitrogens is 4. The minimum Gasteiger partial charge on any atom is -0.358 e. The van der Waals surface area contributed by atoms with Gasteiger partial charge < -0.3 is 9.80 Å². The van der Waals surface area contributed by atoms with Gasteiger partial charge in [-0.05, 0) is 46.8 Å². The molecule has 8 heteroatoms. The third-order valence-electron chi connectivity index (χ3n) is 6.53. The van der Waals surface area contributed by atoms with Crippen molar-refractivity contribution in [1.82, 2.24) is 20.2 Å². The molecule has 2 aliphatic rings. The molecule has 0 amide bonds. The predicted molar refractivity (Wildman–Crippen MR) is 115 cm³/mol. The molecular formula is C22H28FN6S+. The third-order valence-corrected chi connectivity index (χ3v) is 7.47. The second-order valence-corrected chi connectivity index (χ2v) is 9.30. The van der Waals surface area contributed by atoms with Gasteiger partial charge in [-0.1, -0.05) is 37.5 Å². The second-order valence-electron chi connectivity index (χ2n) is 8.32. The van der Waals surface area contributed by atoms with Gasteiger partial charge in [0.2, 0.25) is 5.82 Å². The number of hydrogen-bond donors (Lipinski definition) is 1. The molecule has 1 atom stereocenters. The average Bonchev–Trinajstić information content (AvgIpc) is 3.49. The highest BCUT2D eigenvalue weighted by Gasteiger charge is 2.36. The van der Waals surface area contributed by atoms with Gasteiger partial charge in [0.25, 0.3) is 0 Å². The summed E-state index contributed by atoms with van der Waals surface area (Å²) < 4.78 is 16.4. The summed E-state index contributed by atoms with van der Waals surface area (Å²) in [6.45, 7) is 3.50. The van der Waals surface area contributed by atoms with E-state index in [2.05, 4.69) is 42.6 Å². The molecule has 2 aromatic heterocycles. The van der Waals surface area contributed by atoms with Crippen molar-refractivity contribution >= 4 is 17.0 Å². The van der Waals surface area contributed by atoms with Crippen LogP contribution in [0.15, 0.2) is 41.8 Å². The van der Waals surface area contributed by atoms with Crippen molar-refractivity contribution < 1.29 is 9.29 Å². The number of hydrogen-bond acceptors (Lipinski definition) is 5. The van der Waals surface area contributed by atoms with Crippen LogP contribution in [0, 0.1) is 5.82 Å². The number of nitrogens with zero attached hydrogens (tertiary/aromatic N) is 5. The van der Waals surface area contributed by atoms with E-state index in [9.17, 15) is 4.39 Å². The van der Waals surface area contributed by atoms with Gasteiger partial charge in [-0.2, -0.15) is 0 Å². The van der Waals surface area contributed by atoms with E-state index in [4.69, 9.17) is 0 Å². The van der Waals surface area contributed by atoms with Gasteiger partial charge in [0.1, 0.15) is 5.82 Å². The number of para-hydroxylation sites is 1. The molecule has 30 heavy (non-hydrogen) atoms. The molecular weight excluding hydrogens is 399 g/mol. The number of thiophene rings is 1. The van der Waals surface area contributed by atoms with Gasteiger partial charge in [0, 0.05) is 0 Å². The van der Waals surface area contributed by atoms with Crippen LogP contribution in [-0.4, -0.2) is 46.4 Å². The summed E-state index contributed by atoms with van der Waals surface area (Å²) in [6, 6.07) is 11.9. The molecule has 1 aliphatic carbocycles. The van der Waals surface area contributed by atoms with Crippen LogP contribution in [-0.2, 0) is 0 Å². The van der Waals surface area contributed by atoms with Crippen LogP contribution in [0.5, 0.6) is 0 Å². The first kappa shape index (κ1) is 19.6. The van der Waals surface area contributed by atoms with Crippen LogP contribution in [0.25, 0.3) is 0 Å². The number of piperazine rings is 1. The summed E-state index contributed by atoms with van der Waals surface area (Å²) in [7, 11) is 0. The van der Waals surface area contributed by atoms with Gasteiger partial charge in [0.05, 0.1) is 42.8 Å². The summed E-state index contributed by atoms with van der Waals surface area (Å²) in [4.78, 5) is 4.92. The molecule has 1 saturated heterocycles. The second kappa shape index (κ2) is 8.81. The Bertz CT molecular complexity index is 944. The molecule has 0 unspecified atom stereocenters. The molecule has 158 valence electrons. The van der Waals surface area contributed by atoms with E-state index >= 15 is 0 Å². The van der Waals surface area contributed by atoms with E-state index in [1.54, 1.807) is 23.5 Å². The highest BCUT2D eigenvalue weighted by Crippen LogP contribution is 2.31. The van der Waals surface area contributed by atoms with E-state index in [0.29, 0.717) is 11.7 Å². The predicted octanol–water partition coefficient (Wildman–Crippen LogP) is 2.87. The summed E-state index contributed by atoms with van der Waals surface area (Å²) in [5.74, 6) is 0.843. The zero-order valence-electron chi connectivity index (χ0n) is 17.1. The lowest BCUT2D eigenvalue weighted by Crippen LogP contribution is -3.15. The van der Waals surface area contributed by atoms with Crippen LogP contribution < -0.4 is 9.80 Å². The van der Waals surface area contributed by atoms with Gasteiger partial charge in [-0.3, -0.25) is 0 Å². The summed E-state index contributed by atoms with van der Waals surface area (Å²) in [5.41, 5.74) is 0.705. The lowest BCUT2D eigenvalue weighted by Gasteiger charge is -2.37. The lowest BCUT2D eigenvalue weighted by molar-refractivity contribution is -0.926. The number of halogens is 1. The standard InChI is InChI=1S/C22H27FN6S/c23-18-9-4-5-10-19(18)27-12-14-28(15-13-27)21(20-11-6-16-30-20)22-24-25-26-29(22)17-7-2-1-3-8-17/h4-6,9-11,16-17,21H,1-3,7-8,12-15H2/p+1/t21-/m0/s1. The van der Waals surface area contributed by atoms with Crippen molar-refractivity contribution in [3.8, 4) is 0 Å². The largest absolute Gasteiger partial charge is 0.358 e. The first-order chi connectivity index (χ1) is 14.8. The van der Waals surface area contributed by atoms with Crippen LogP contribution in [0.1, 0.15) is 54.9 Å². The molecule has 0 radical (unpaired) electrons. The number of rotatable bonds is 5. The normalized spacial score (nSPS) is 19.8. The fraction of sp³-hybridized carbons (Fsp3) is 0.500. The maximum Gasteiger partial charge on any atom is 0.215 e. The number of anilines is 1. The maximum atomic E-state index is 14.3. The van der Waals surface area contributed by atoms with Gasteiger partial charge in [-0.25, -0.2) is 9.07 Å². The van der Waals surface area contributed by atoms with Crippen molar-refractivity contribution in [3.63, 3.8) is 0 Å². The van der Waals surface area contributed by atoms with Crippen molar-refractivity contribution in [3.05, 3.63) is 58.3 Å². The Labute approximate surface area is 180 Å². The highest BCUT2D eigenvalue weighted by molar-refractivity contribution is 7.10. The molecule has 1 aromatic carbocycles. The van der Waals surface area contributed by atoms with E-state index < -0.39 is 0 Å². The first-order valence-corrected chi connectivity index (χ1v) is 11.8. The Balaban J connectivity index is 1.39. The fourth-order valence-corrected chi connectivity index (χ4v) is 5.85. The van der Waals surface area contributed by atoms with E-state index in [1.165, 1.54) is 29.0 Å². The first-order valence-electron chi connectivity index (χ1n) is 11.0. The summed E-state index contributed by atoms with van der Waals surface area (Å²) >= 11 is 1.77. The quantitative estimate of drug-likeness (QED) is 0.680. The highest BCUT2D eigenvalue weighted by atomic mass is 32.1. The van der Waals surface area contributed by atoms with Crippen LogP contribution in [0.4, 0.5) is 10.1 Å². The average molecular weight is 428 g/mol. The summed E-state index contributed by atoms with van der Waals surface area (Å²) in [6.07, 6.45) is 6.13. The Hall–Kier alpha value is -2.32. The molecule has 6 nitrogen and oxygen atoms in total. The smallest absolute Gasteiger partial charge is 0.215 e. The van der Waals surface area contributed by atoms with E-state index in [0.717, 1.165) is 44.8 Å². The number of quaternary nitrogens is 1. The van der Waals surface area contributed by atoms with Crippen LogP contribution in [0.2, 0.25) is 0 Å². The Morgan fingerprint density at radius 2 is 1.83 bits per heavy atom. The summed E-state index contributed by atoms with van der Waals surface area (Å²) in [5, 5.41) is 15.2. The number of tetrazole rings is 1. The van der Waals surface area contributed by atoms with E-state index in [1.807, 2.05) is 12.1 Å². The molecule has 2 fully saturated rings.